The number of amides is 2. The van der Waals surface area contributed by atoms with Crippen molar-refractivity contribution in [2.75, 3.05) is 17.2 Å². The Morgan fingerprint density at radius 2 is 2.03 bits per heavy atom. The molecule has 4 saturated carbocycles. The lowest BCUT2D eigenvalue weighted by molar-refractivity contribution is -0.148. The SMILES string of the molecule is C[C@H](CO)NC(=O)C(=O)Nc1nn(C2[C@@H]3CC4C[C@H]2CC(O)(C4)C3)c2c1CNc1[nH]ccc1-2. The summed E-state index contributed by atoms with van der Waals surface area (Å²) in [5.74, 6) is 0.965. The Kier molecular flexibility index (Phi) is 4.60. The molecule has 7 rings (SSSR count). The molecule has 0 saturated heterocycles. The molecular formula is C23H30N6O4. The monoisotopic (exact) mass is 454 g/mol. The van der Waals surface area contributed by atoms with E-state index in [9.17, 15) is 14.7 Å². The Morgan fingerprint density at radius 1 is 1.27 bits per heavy atom. The maximum absolute atomic E-state index is 12.6. The van der Waals surface area contributed by atoms with E-state index < -0.39 is 23.5 Å². The Hall–Kier alpha value is -2.85. The second-order valence-electron chi connectivity index (χ2n) is 10.4. The van der Waals surface area contributed by atoms with Crippen LogP contribution in [-0.4, -0.2) is 55.0 Å². The molecule has 5 aliphatic rings. The van der Waals surface area contributed by atoms with E-state index in [1.807, 2.05) is 12.3 Å². The average molecular weight is 455 g/mol. The van der Waals surface area contributed by atoms with Crippen molar-refractivity contribution in [3.05, 3.63) is 17.8 Å². The summed E-state index contributed by atoms with van der Waals surface area (Å²) in [6.07, 6.45) is 6.57. The molecule has 1 aliphatic heterocycles. The van der Waals surface area contributed by atoms with Crippen LogP contribution in [0, 0.1) is 17.8 Å². The minimum atomic E-state index is -0.804. The van der Waals surface area contributed by atoms with Gasteiger partial charge in [-0.2, -0.15) is 5.10 Å². The van der Waals surface area contributed by atoms with E-state index in [-0.39, 0.29) is 12.6 Å². The number of H-pyrrole nitrogens is 1. The van der Waals surface area contributed by atoms with Gasteiger partial charge in [0.25, 0.3) is 0 Å². The highest BCUT2D eigenvalue weighted by Crippen LogP contribution is 2.60. The van der Waals surface area contributed by atoms with Gasteiger partial charge in [-0.1, -0.05) is 0 Å². The number of aromatic nitrogens is 3. The summed E-state index contributed by atoms with van der Waals surface area (Å²) in [4.78, 5) is 28.1. The highest BCUT2D eigenvalue weighted by Gasteiger charge is 2.56. The maximum atomic E-state index is 12.6. The number of fused-ring (bicyclic) bond motifs is 3. The van der Waals surface area contributed by atoms with Crippen molar-refractivity contribution >= 4 is 23.5 Å². The van der Waals surface area contributed by atoms with Gasteiger partial charge in [0.15, 0.2) is 5.82 Å². The summed E-state index contributed by atoms with van der Waals surface area (Å²) in [6.45, 7) is 1.85. The lowest BCUT2D eigenvalue weighted by Gasteiger charge is -2.58. The standard InChI is InChI=1S/C23H30N6O4/c1-11(10-30)26-21(31)22(32)27-20-16-9-25-19-15(2-3-24-19)18(16)29(28-20)17-13-4-12-5-14(17)8-23(33,6-12)7-13/h2-3,11-14,17,24-25,30,33H,4-10H2,1H3,(H,26,31)(H,27,28,32)/t11-,12?,13-,14+,17?,23?/m1/s1. The van der Waals surface area contributed by atoms with Crippen LogP contribution < -0.4 is 16.0 Å². The molecule has 4 bridgehead atoms. The third-order valence-electron chi connectivity index (χ3n) is 8.02. The average Bonchev–Trinajstić information content (AvgIpc) is 3.37. The Morgan fingerprint density at radius 3 is 2.73 bits per heavy atom. The quantitative estimate of drug-likeness (QED) is 0.385. The van der Waals surface area contributed by atoms with Crippen molar-refractivity contribution in [1.82, 2.24) is 20.1 Å². The van der Waals surface area contributed by atoms with Crippen molar-refractivity contribution in [2.45, 2.75) is 63.3 Å². The molecule has 2 aromatic heterocycles. The van der Waals surface area contributed by atoms with Crippen LogP contribution in [0.5, 0.6) is 0 Å². The molecule has 2 amide bonds. The molecule has 0 radical (unpaired) electrons. The van der Waals surface area contributed by atoms with E-state index in [0.29, 0.717) is 30.1 Å². The number of aromatic amines is 1. The number of aliphatic hydroxyl groups is 2. The maximum Gasteiger partial charge on any atom is 0.314 e. The van der Waals surface area contributed by atoms with Gasteiger partial charge in [-0.15, -0.1) is 0 Å². The molecule has 10 nitrogen and oxygen atoms in total. The molecule has 0 spiro atoms. The summed E-state index contributed by atoms with van der Waals surface area (Å²) in [6, 6.07) is 1.64. The molecule has 3 heterocycles. The third kappa shape index (κ3) is 3.26. The minimum Gasteiger partial charge on any atom is -0.394 e. The summed E-state index contributed by atoms with van der Waals surface area (Å²) < 4.78 is 2.07. The normalized spacial score (nSPS) is 32.0. The number of hydrogen-bond donors (Lipinski definition) is 6. The number of anilines is 2. The van der Waals surface area contributed by atoms with Gasteiger partial charge in [-0.25, -0.2) is 0 Å². The first-order valence-electron chi connectivity index (χ1n) is 11.8. The highest BCUT2D eigenvalue weighted by molar-refractivity contribution is 6.39. The fourth-order valence-electron chi connectivity index (χ4n) is 6.98. The molecule has 6 atom stereocenters. The fourth-order valence-corrected chi connectivity index (χ4v) is 6.98. The third-order valence-corrected chi connectivity index (χ3v) is 8.02. The summed E-state index contributed by atoms with van der Waals surface area (Å²) in [7, 11) is 0. The highest BCUT2D eigenvalue weighted by atomic mass is 16.3. The molecule has 2 aromatic rings. The molecule has 3 unspecified atom stereocenters. The number of carbonyl (C=O) groups excluding carboxylic acids is 2. The van der Waals surface area contributed by atoms with Crippen LogP contribution in [0.3, 0.4) is 0 Å². The summed E-state index contributed by atoms with van der Waals surface area (Å²) in [5, 5.41) is 33.6. The Labute approximate surface area is 191 Å². The zero-order valence-electron chi connectivity index (χ0n) is 18.6. The second-order valence-corrected chi connectivity index (χ2v) is 10.4. The van der Waals surface area contributed by atoms with Crippen molar-refractivity contribution in [3.8, 4) is 11.3 Å². The first-order chi connectivity index (χ1) is 15.8. The topological polar surface area (TPSA) is 144 Å². The fraction of sp³-hybridized carbons (Fsp3) is 0.609. The Balaban J connectivity index is 1.37. The first-order valence-corrected chi connectivity index (χ1v) is 11.8. The number of rotatable bonds is 4. The van der Waals surface area contributed by atoms with Crippen LogP contribution >= 0.6 is 0 Å². The smallest absolute Gasteiger partial charge is 0.314 e. The van der Waals surface area contributed by atoms with Crippen LogP contribution in [0.15, 0.2) is 12.3 Å². The zero-order chi connectivity index (χ0) is 22.9. The number of aliphatic hydroxyl groups excluding tert-OH is 1. The van der Waals surface area contributed by atoms with Crippen LogP contribution in [0.25, 0.3) is 11.3 Å². The summed E-state index contributed by atoms with van der Waals surface area (Å²) >= 11 is 0. The number of nitrogens with one attached hydrogen (secondary N) is 4. The van der Waals surface area contributed by atoms with Gasteiger partial charge < -0.3 is 31.1 Å². The van der Waals surface area contributed by atoms with E-state index in [2.05, 4.69) is 25.6 Å². The van der Waals surface area contributed by atoms with Gasteiger partial charge in [0.05, 0.1) is 23.9 Å². The van der Waals surface area contributed by atoms with E-state index in [4.69, 9.17) is 10.2 Å². The molecule has 4 aliphatic carbocycles. The number of carbonyl (C=O) groups is 2. The van der Waals surface area contributed by atoms with Crippen LogP contribution in [0.2, 0.25) is 0 Å². The largest absolute Gasteiger partial charge is 0.394 e. The molecule has 10 heteroatoms. The van der Waals surface area contributed by atoms with Crippen LogP contribution in [-0.2, 0) is 16.1 Å². The van der Waals surface area contributed by atoms with Crippen LogP contribution in [0.1, 0.15) is 50.6 Å². The predicted octanol–water partition coefficient (Wildman–Crippen LogP) is 1.35. The predicted molar refractivity (Wildman–Crippen MR) is 120 cm³/mol. The molecule has 176 valence electrons. The number of hydrogen-bond acceptors (Lipinski definition) is 6. The van der Waals surface area contributed by atoms with E-state index >= 15 is 0 Å². The molecule has 33 heavy (non-hydrogen) atoms. The van der Waals surface area contributed by atoms with E-state index in [1.165, 1.54) is 0 Å². The van der Waals surface area contributed by atoms with Gasteiger partial charge in [0.1, 0.15) is 5.82 Å². The Bertz CT molecular complexity index is 1110. The van der Waals surface area contributed by atoms with Gasteiger partial charge in [-0.05, 0) is 62.8 Å². The second kappa shape index (κ2) is 7.33. The van der Waals surface area contributed by atoms with Gasteiger partial charge in [-0.3, -0.25) is 14.3 Å². The summed E-state index contributed by atoms with van der Waals surface area (Å²) in [5.41, 5.74) is 2.27. The van der Waals surface area contributed by atoms with Crippen molar-refractivity contribution in [2.24, 2.45) is 17.8 Å². The van der Waals surface area contributed by atoms with Crippen molar-refractivity contribution < 1.29 is 19.8 Å². The van der Waals surface area contributed by atoms with Crippen molar-refractivity contribution in [1.29, 1.82) is 0 Å². The number of nitrogens with zero attached hydrogens (tertiary/aromatic N) is 2. The zero-order valence-corrected chi connectivity index (χ0v) is 18.6. The van der Waals surface area contributed by atoms with E-state index in [0.717, 1.165) is 54.7 Å². The first kappa shape index (κ1) is 20.7. The minimum absolute atomic E-state index is 0.158. The van der Waals surface area contributed by atoms with Crippen molar-refractivity contribution in [3.63, 3.8) is 0 Å². The molecule has 6 N–H and O–H groups in total. The van der Waals surface area contributed by atoms with Gasteiger partial charge in [0.2, 0.25) is 0 Å². The molecule has 4 fully saturated rings. The lowest BCUT2D eigenvalue weighted by atomic mass is 9.52. The molecular weight excluding hydrogens is 424 g/mol. The van der Waals surface area contributed by atoms with E-state index in [1.54, 1.807) is 6.92 Å². The van der Waals surface area contributed by atoms with Gasteiger partial charge >= 0.3 is 11.8 Å². The van der Waals surface area contributed by atoms with Gasteiger partial charge in [0, 0.05) is 29.9 Å². The van der Waals surface area contributed by atoms with Crippen LogP contribution in [0.4, 0.5) is 11.6 Å². The lowest BCUT2D eigenvalue weighted by Crippen LogP contribution is -2.55. The molecule has 0 aromatic carbocycles.